The Morgan fingerprint density at radius 3 is 1.61 bits per heavy atom. The van der Waals surface area contributed by atoms with Gasteiger partial charge in [-0.3, -0.25) is 0 Å². The molecule has 0 N–H and O–H groups in total. The van der Waals surface area contributed by atoms with E-state index in [1.165, 1.54) is 42.9 Å². The second-order valence-corrected chi connectivity index (χ2v) is 15.8. The second-order valence-electron chi connectivity index (χ2n) is 14.7. The molecule has 0 bridgehead atoms. The van der Waals surface area contributed by atoms with Crippen LogP contribution in [0.5, 0.6) is 0 Å². The maximum atomic E-state index is 6.93. The summed E-state index contributed by atoms with van der Waals surface area (Å²) in [6.07, 6.45) is 0. The number of thiophene rings is 1. The van der Waals surface area contributed by atoms with Gasteiger partial charge in [-0.2, -0.15) is 0 Å². The average Bonchev–Trinajstić information content (AvgIpc) is 4.04. The van der Waals surface area contributed by atoms with E-state index >= 15 is 0 Å². The number of para-hydroxylation sites is 2. The Hall–Kier alpha value is -7.14. The molecule has 0 atom stereocenters. The molecule has 0 fully saturated rings. The summed E-state index contributed by atoms with van der Waals surface area (Å²) in [5, 5.41) is 12.6. The van der Waals surface area contributed by atoms with Crippen molar-refractivity contribution in [2.75, 3.05) is 0 Å². The highest BCUT2D eigenvalue weighted by atomic mass is 32.1. The van der Waals surface area contributed by atoms with Crippen LogP contribution >= 0.6 is 11.3 Å². The molecular weight excluding hydrogens is 705 g/mol. The predicted octanol–water partition coefficient (Wildman–Crippen LogP) is 15.9. The number of hydrogen-bond acceptors (Lipinski definition) is 4. The molecule has 0 saturated carbocycles. The molecule has 13 rings (SSSR count). The number of benzene rings is 9. The zero-order chi connectivity index (χ0) is 36.5. The normalized spacial score (nSPS) is 12.3. The van der Waals surface area contributed by atoms with Crippen molar-refractivity contribution in [1.82, 2.24) is 0 Å². The van der Waals surface area contributed by atoms with Crippen LogP contribution in [0.15, 0.2) is 183 Å². The van der Waals surface area contributed by atoms with Crippen LogP contribution in [-0.2, 0) is 0 Å². The molecule has 0 aliphatic heterocycles. The first-order valence-electron chi connectivity index (χ1n) is 18.9. The van der Waals surface area contributed by atoms with E-state index < -0.39 is 0 Å². The summed E-state index contributed by atoms with van der Waals surface area (Å²) >= 11 is 1.79. The van der Waals surface area contributed by atoms with E-state index in [-0.39, 0.29) is 0 Å². The largest absolute Gasteiger partial charge is 0.455 e. The molecule has 4 heterocycles. The molecule has 56 heavy (non-hydrogen) atoms. The molecule has 0 spiro atoms. The Morgan fingerprint density at radius 2 is 0.875 bits per heavy atom. The standard InChI is InChI=1S/C52H28O3S/c1-2-12-29(13-3-1)47-33-15-4-6-17-35(33)48(36-18-7-5-16-34(36)47)30-22-23-32-37-24-25-45-41(50(37)55-44(32)26-30)28-46(56-45)40-27-39-31-14-8-10-20-42(31)53-51(39)52-49(40)38-19-9-11-21-43(38)54-52/h1-28H. The van der Waals surface area contributed by atoms with Gasteiger partial charge in [-0.25, -0.2) is 0 Å². The second kappa shape index (κ2) is 11.2. The summed E-state index contributed by atoms with van der Waals surface area (Å²) in [6.45, 7) is 0. The van der Waals surface area contributed by atoms with E-state index in [9.17, 15) is 0 Å². The van der Waals surface area contributed by atoms with Gasteiger partial charge in [0.15, 0.2) is 11.2 Å². The third-order valence-electron chi connectivity index (χ3n) is 11.7. The Labute approximate surface area is 323 Å². The van der Waals surface area contributed by atoms with Gasteiger partial charge in [-0.1, -0.05) is 121 Å². The summed E-state index contributed by atoms with van der Waals surface area (Å²) in [6, 6.07) is 60.7. The SMILES string of the molecule is c1ccc(-c2c3ccccc3c(-c3ccc4c(c3)oc3c5cc(-c6cc7c8ccccc8oc7c7oc8ccccc8c67)sc5ccc43)c3ccccc23)cc1. The molecule has 4 heteroatoms. The van der Waals surface area contributed by atoms with Gasteiger partial charge >= 0.3 is 0 Å². The number of hydrogen-bond donors (Lipinski definition) is 0. The maximum Gasteiger partial charge on any atom is 0.179 e. The van der Waals surface area contributed by atoms with Crippen LogP contribution in [0.25, 0.3) is 130 Å². The van der Waals surface area contributed by atoms with Gasteiger partial charge in [0.1, 0.15) is 22.3 Å². The molecule has 260 valence electrons. The van der Waals surface area contributed by atoms with Crippen molar-refractivity contribution in [3.05, 3.63) is 170 Å². The molecule has 3 nitrogen and oxygen atoms in total. The summed E-state index contributed by atoms with van der Waals surface area (Å²) in [5.41, 5.74) is 11.0. The summed E-state index contributed by atoms with van der Waals surface area (Å²) in [5.74, 6) is 0. The van der Waals surface area contributed by atoms with Crippen LogP contribution in [0, 0.1) is 0 Å². The smallest absolute Gasteiger partial charge is 0.179 e. The number of furan rings is 3. The van der Waals surface area contributed by atoms with Crippen LogP contribution in [0.1, 0.15) is 0 Å². The maximum absolute atomic E-state index is 6.93. The minimum absolute atomic E-state index is 0.783. The fourth-order valence-corrected chi connectivity index (χ4v) is 10.3. The van der Waals surface area contributed by atoms with Crippen molar-refractivity contribution in [2.45, 2.75) is 0 Å². The minimum atomic E-state index is 0.783. The summed E-state index contributed by atoms with van der Waals surface area (Å²) < 4.78 is 21.1. The molecule has 0 aliphatic rings. The first-order chi connectivity index (χ1) is 27.8. The first kappa shape index (κ1) is 30.2. The van der Waals surface area contributed by atoms with Crippen LogP contribution in [0.2, 0.25) is 0 Å². The van der Waals surface area contributed by atoms with E-state index in [1.807, 2.05) is 24.3 Å². The van der Waals surface area contributed by atoms with E-state index in [0.717, 1.165) is 87.2 Å². The van der Waals surface area contributed by atoms with E-state index in [2.05, 4.69) is 146 Å². The Kier molecular flexibility index (Phi) is 6.04. The lowest BCUT2D eigenvalue weighted by Crippen LogP contribution is -1.90. The van der Waals surface area contributed by atoms with Gasteiger partial charge < -0.3 is 13.3 Å². The first-order valence-corrected chi connectivity index (χ1v) is 19.7. The van der Waals surface area contributed by atoms with E-state index in [4.69, 9.17) is 13.3 Å². The third kappa shape index (κ3) is 4.11. The van der Waals surface area contributed by atoms with Crippen LogP contribution in [0.3, 0.4) is 0 Å². The fraction of sp³-hybridized carbons (Fsp3) is 0. The lowest BCUT2D eigenvalue weighted by Gasteiger charge is -2.17. The summed E-state index contributed by atoms with van der Waals surface area (Å²) in [7, 11) is 0. The molecular formula is C52H28O3S. The molecule has 4 aromatic heterocycles. The number of fused-ring (bicyclic) bond motifs is 14. The van der Waals surface area contributed by atoms with Crippen LogP contribution < -0.4 is 0 Å². The van der Waals surface area contributed by atoms with Crippen molar-refractivity contribution in [3.63, 3.8) is 0 Å². The summed E-state index contributed by atoms with van der Waals surface area (Å²) in [4.78, 5) is 1.16. The van der Waals surface area contributed by atoms with Crippen molar-refractivity contribution in [3.8, 4) is 32.7 Å². The Bertz CT molecular complexity index is 3710. The molecule has 0 saturated heterocycles. The van der Waals surface area contributed by atoms with Gasteiger partial charge in [0.2, 0.25) is 0 Å². The van der Waals surface area contributed by atoms with Gasteiger partial charge in [-0.15, -0.1) is 11.3 Å². The van der Waals surface area contributed by atoms with Crippen LogP contribution in [-0.4, -0.2) is 0 Å². The van der Waals surface area contributed by atoms with Gasteiger partial charge in [0, 0.05) is 52.8 Å². The predicted molar refractivity (Wildman–Crippen MR) is 235 cm³/mol. The fourth-order valence-electron chi connectivity index (χ4n) is 9.25. The molecule has 0 unspecified atom stereocenters. The average molecular weight is 733 g/mol. The lowest BCUT2D eigenvalue weighted by atomic mass is 9.86. The van der Waals surface area contributed by atoms with Crippen molar-refractivity contribution in [2.24, 2.45) is 0 Å². The molecule has 0 aliphatic carbocycles. The topological polar surface area (TPSA) is 39.4 Å². The molecule has 0 radical (unpaired) electrons. The number of rotatable bonds is 3. The van der Waals surface area contributed by atoms with E-state index in [0.29, 0.717) is 0 Å². The highest BCUT2D eigenvalue weighted by Gasteiger charge is 2.23. The molecule has 0 amide bonds. The van der Waals surface area contributed by atoms with Gasteiger partial charge in [0.25, 0.3) is 0 Å². The van der Waals surface area contributed by atoms with Gasteiger partial charge in [-0.05, 0) is 92.3 Å². The lowest BCUT2D eigenvalue weighted by molar-refractivity contribution is 0.633. The third-order valence-corrected chi connectivity index (χ3v) is 12.8. The quantitative estimate of drug-likeness (QED) is 0.170. The molecule has 9 aromatic carbocycles. The highest BCUT2D eigenvalue weighted by Crippen LogP contribution is 2.49. The highest BCUT2D eigenvalue weighted by molar-refractivity contribution is 7.22. The van der Waals surface area contributed by atoms with Crippen molar-refractivity contribution in [1.29, 1.82) is 0 Å². The Balaban J connectivity index is 1.04. The monoisotopic (exact) mass is 732 g/mol. The van der Waals surface area contributed by atoms with E-state index in [1.54, 1.807) is 11.3 Å². The van der Waals surface area contributed by atoms with Gasteiger partial charge in [0.05, 0.1) is 0 Å². The zero-order valence-corrected chi connectivity index (χ0v) is 30.6. The zero-order valence-electron chi connectivity index (χ0n) is 29.8. The van der Waals surface area contributed by atoms with Crippen molar-refractivity contribution < 1.29 is 13.3 Å². The minimum Gasteiger partial charge on any atom is -0.455 e. The van der Waals surface area contributed by atoms with Crippen LogP contribution in [0.4, 0.5) is 0 Å². The Morgan fingerprint density at radius 1 is 0.321 bits per heavy atom. The molecule has 13 aromatic rings. The van der Waals surface area contributed by atoms with Crippen molar-refractivity contribution >= 4 is 109 Å².